The van der Waals surface area contributed by atoms with Crippen LogP contribution < -0.4 is 15.5 Å². The number of anilines is 1. The molecule has 0 saturated heterocycles. The summed E-state index contributed by atoms with van der Waals surface area (Å²) in [5.41, 5.74) is 2.43. The van der Waals surface area contributed by atoms with Crippen molar-refractivity contribution in [3.63, 3.8) is 0 Å². The summed E-state index contributed by atoms with van der Waals surface area (Å²) in [5, 5.41) is 6.38. The van der Waals surface area contributed by atoms with E-state index in [1.165, 1.54) is 11.3 Å². The lowest BCUT2D eigenvalue weighted by atomic mass is 10.2. The topological polar surface area (TPSA) is 39.7 Å². The number of benzene rings is 1. The first kappa shape index (κ1) is 14.1. The molecule has 0 aliphatic rings. The van der Waals surface area contributed by atoms with Crippen molar-refractivity contribution in [2.75, 3.05) is 32.6 Å². The minimum atomic E-state index is 0.708. The summed E-state index contributed by atoms with van der Waals surface area (Å²) in [6, 6.07) is 8.44. The van der Waals surface area contributed by atoms with Crippen LogP contribution in [0.2, 0.25) is 0 Å². The van der Waals surface area contributed by atoms with Gasteiger partial charge in [0.25, 0.3) is 0 Å². The molecular weight excluding hydrogens is 224 g/mol. The molecule has 0 heterocycles. The van der Waals surface area contributed by atoms with Crippen molar-refractivity contribution in [1.29, 1.82) is 0 Å². The Bertz CT molecular complexity index is 393. The van der Waals surface area contributed by atoms with Crippen molar-refractivity contribution >= 4 is 11.6 Å². The molecule has 2 N–H and O–H groups in total. The first-order valence-electron chi connectivity index (χ1n) is 5.99. The van der Waals surface area contributed by atoms with Gasteiger partial charge in [0.2, 0.25) is 0 Å². The molecule has 4 nitrogen and oxygen atoms in total. The van der Waals surface area contributed by atoms with Gasteiger partial charge in [-0.1, -0.05) is 18.2 Å². The first-order chi connectivity index (χ1) is 8.67. The van der Waals surface area contributed by atoms with Crippen LogP contribution in [0.25, 0.3) is 0 Å². The van der Waals surface area contributed by atoms with Gasteiger partial charge in [0.05, 0.1) is 0 Å². The van der Waals surface area contributed by atoms with Gasteiger partial charge in [-0.15, -0.1) is 6.58 Å². The van der Waals surface area contributed by atoms with Gasteiger partial charge in [-0.2, -0.15) is 0 Å². The molecule has 18 heavy (non-hydrogen) atoms. The summed E-state index contributed by atoms with van der Waals surface area (Å²) in [7, 11) is 5.83. The molecule has 0 atom stereocenters. The molecule has 0 unspecified atom stereocenters. The highest BCUT2D eigenvalue weighted by molar-refractivity contribution is 5.79. The molecule has 4 heteroatoms. The molecule has 1 rings (SSSR count). The van der Waals surface area contributed by atoms with Crippen LogP contribution in [0.4, 0.5) is 5.69 Å². The number of rotatable bonds is 5. The molecule has 1 aromatic rings. The first-order valence-corrected chi connectivity index (χ1v) is 5.99. The van der Waals surface area contributed by atoms with Crippen LogP contribution >= 0.6 is 0 Å². The van der Waals surface area contributed by atoms with Crippen molar-refractivity contribution in [3.8, 4) is 0 Å². The Balaban J connectivity index is 2.49. The minimum absolute atomic E-state index is 0.708. The molecule has 0 fully saturated rings. The zero-order chi connectivity index (χ0) is 13.4. The van der Waals surface area contributed by atoms with Gasteiger partial charge in [-0.05, 0) is 17.7 Å². The van der Waals surface area contributed by atoms with Crippen LogP contribution in [0.5, 0.6) is 0 Å². The SMILES string of the molecule is C=CCNC(=NC)NCc1ccc(N(C)C)cc1. The zero-order valence-corrected chi connectivity index (χ0v) is 11.4. The second kappa shape index (κ2) is 7.37. The van der Waals surface area contributed by atoms with E-state index < -0.39 is 0 Å². The Morgan fingerprint density at radius 1 is 1.28 bits per heavy atom. The Hall–Kier alpha value is -1.97. The molecule has 0 aliphatic heterocycles. The summed E-state index contributed by atoms with van der Waals surface area (Å²) in [6.45, 7) is 5.12. The van der Waals surface area contributed by atoms with E-state index in [1.54, 1.807) is 13.1 Å². The molecule has 0 aromatic heterocycles. The maximum atomic E-state index is 4.12. The van der Waals surface area contributed by atoms with Crippen molar-refractivity contribution in [1.82, 2.24) is 10.6 Å². The number of nitrogens with one attached hydrogen (secondary N) is 2. The third kappa shape index (κ3) is 4.49. The highest BCUT2D eigenvalue weighted by Crippen LogP contribution is 2.11. The van der Waals surface area contributed by atoms with Gasteiger partial charge in [-0.25, -0.2) is 0 Å². The van der Waals surface area contributed by atoms with Crippen molar-refractivity contribution in [2.24, 2.45) is 4.99 Å². The van der Waals surface area contributed by atoms with E-state index in [9.17, 15) is 0 Å². The fraction of sp³-hybridized carbons (Fsp3) is 0.357. The van der Waals surface area contributed by atoms with Crippen LogP contribution in [0, 0.1) is 0 Å². The molecule has 0 amide bonds. The molecule has 0 spiro atoms. The van der Waals surface area contributed by atoms with Gasteiger partial charge >= 0.3 is 0 Å². The van der Waals surface area contributed by atoms with Crippen molar-refractivity contribution in [2.45, 2.75) is 6.54 Å². The number of hydrogen-bond acceptors (Lipinski definition) is 2. The average molecular weight is 246 g/mol. The van der Waals surface area contributed by atoms with E-state index in [0.717, 1.165) is 12.5 Å². The van der Waals surface area contributed by atoms with Gasteiger partial charge in [0.1, 0.15) is 0 Å². The van der Waals surface area contributed by atoms with Gasteiger partial charge in [0, 0.05) is 39.9 Å². The van der Waals surface area contributed by atoms with Gasteiger partial charge in [0.15, 0.2) is 5.96 Å². The minimum Gasteiger partial charge on any atom is -0.378 e. The largest absolute Gasteiger partial charge is 0.378 e. The lowest BCUT2D eigenvalue weighted by molar-refractivity contribution is 0.847. The predicted molar refractivity (Wildman–Crippen MR) is 79.2 cm³/mol. The number of aliphatic imine (C=N–C) groups is 1. The standard InChI is InChI=1S/C14H22N4/c1-5-10-16-14(15-2)17-11-12-6-8-13(9-7-12)18(3)4/h5-9H,1,10-11H2,2-4H3,(H2,15,16,17). The summed E-state index contributed by atoms with van der Waals surface area (Å²) in [5.74, 6) is 0.784. The predicted octanol–water partition coefficient (Wildman–Crippen LogP) is 1.60. The number of guanidine groups is 1. The van der Waals surface area contributed by atoms with Gasteiger partial charge in [-0.3, -0.25) is 4.99 Å². The molecular formula is C14H22N4. The van der Waals surface area contributed by atoms with Crippen LogP contribution in [0.1, 0.15) is 5.56 Å². The van der Waals surface area contributed by atoms with Crippen LogP contribution in [0.3, 0.4) is 0 Å². The van der Waals surface area contributed by atoms with Gasteiger partial charge < -0.3 is 15.5 Å². The van der Waals surface area contributed by atoms with Crippen LogP contribution in [-0.2, 0) is 6.54 Å². The highest BCUT2D eigenvalue weighted by Gasteiger charge is 1.98. The third-order valence-electron chi connectivity index (χ3n) is 2.55. The monoisotopic (exact) mass is 246 g/mol. The van der Waals surface area contributed by atoms with E-state index in [0.29, 0.717) is 6.54 Å². The molecule has 0 saturated carbocycles. The van der Waals surface area contributed by atoms with Crippen molar-refractivity contribution in [3.05, 3.63) is 42.5 Å². The maximum Gasteiger partial charge on any atom is 0.191 e. The summed E-state index contributed by atoms with van der Waals surface area (Å²) in [4.78, 5) is 6.21. The van der Waals surface area contributed by atoms with E-state index in [1.807, 2.05) is 14.1 Å². The Morgan fingerprint density at radius 3 is 2.44 bits per heavy atom. The lowest BCUT2D eigenvalue weighted by Gasteiger charge is -2.14. The number of hydrogen-bond donors (Lipinski definition) is 2. The molecule has 0 aliphatic carbocycles. The second-order valence-electron chi connectivity index (χ2n) is 4.16. The van der Waals surface area contributed by atoms with E-state index >= 15 is 0 Å². The van der Waals surface area contributed by atoms with Crippen LogP contribution in [-0.4, -0.2) is 33.6 Å². The highest BCUT2D eigenvalue weighted by atomic mass is 15.2. The lowest BCUT2D eigenvalue weighted by Crippen LogP contribution is -2.36. The second-order valence-corrected chi connectivity index (χ2v) is 4.16. The fourth-order valence-electron chi connectivity index (χ4n) is 1.49. The van der Waals surface area contributed by atoms with Crippen LogP contribution in [0.15, 0.2) is 41.9 Å². The quantitative estimate of drug-likeness (QED) is 0.471. The maximum absolute atomic E-state index is 4.12. The summed E-state index contributed by atoms with van der Waals surface area (Å²) < 4.78 is 0. The zero-order valence-electron chi connectivity index (χ0n) is 11.4. The van der Waals surface area contributed by atoms with E-state index in [-0.39, 0.29) is 0 Å². The normalized spacial score (nSPS) is 10.9. The molecule has 98 valence electrons. The molecule has 0 radical (unpaired) electrons. The Kier molecular flexibility index (Phi) is 5.77. The summed E-state index contributed by atoms with van der Waals surface area (Å²) >= 11 is 0. The smallest absolute Gasteiger partial charge is 0.191 e. The van der Waals surface area contributed by atoms with Crippen molar-refractivity contribution < 1.29 is 0 Å². The Labute approximate surface area is 109 Å². The Morgan fingerprint density at radius 2 is 1.94 bits per heavy atom. The average Bonchev–Trinajstić information content (AvgIpc) is 2.39. The third-order valence-corrected chi connectivity index (χ3v) is 2.55. The molecule has 1 aromatic carbocycles. The number of nitrogens with zero attached hydrogens (tertiary/aromatic N) is 2. The van der Waals surface area contributed by atoms with E-state index in [2.05, 4.69) is 51.4 Å². The summed E-state index contributed by atoms with van der Waals surface area (Å²) in [6.07, 6.45) is 1.80. The van der Waals surface area contributed by atoms with E-state index in [4.69, 9.17) is 0 Å². The molecule has 0 bridgehead atoms. The fourth-order valence-corrected chi connectivity index (χ4v) is 1.49.